The van der Waals surface area contributed by atoms with Crippen molar-refractivity contribution in [1.82, 2.24) is 40.4 Å². The van der Waals surface area contributed by atoms with Crippen LogP contribution in [0.25, 0.3) is 55.6 Å². The number of likely N-dealkylation sites (tertiary alicyclic amines) is 2. The molecule has 0 aliphatic carbocycles. The number of aromatic amines is 2. The number of alkyl carbamates (subject to hydrolysis) is 2. The highest BCUT2D eigenvalue weighted by Crippen LogP contribution is 2.44. The number of furan rings is 2. The lowest BCUT2D eigenvalue weighted by Crippen LogP contribution is -2.51. The van der Waals surface area contributed by atoms with Crippen LogP contribution in [0.15, 0.2) is 65.3 Å². The minimum absolute atomic E-state index is 0.117. The topological polar surface area (TPSA) is 188 Å². The molecule has 4 atom stereocenters. The number of ether oxygens (including phenoxy) is 2. The Morgan fingerprint density at radius 2 is 1.12 bits per heavy atom. The molecule has 0 saturated carbocycles. The molecule has 2 saturated heterocycles. The normalized spacial score (nSPS) is 18.0. The number of methoxy groups -OCH3 is 2. The van der Waals surface area contributed by atoms with Crippen LogP contribution in [0.4, 0.5) is 9.59 Å². The van der Waals surface area contributed by atoms with Gasteiger partial charge in [0.2, 0.25) is 11.8 Å². The zero-order valence-electron chi connectivity index (χ0n) is 34.1. The van der Waals surface area contributed by atoms with E-state index in [9.17, 15) is 19.2 Å². The monoisotopic (exact) mass is 802 g/mol. The van der Waals surface area contributed by atoms with Gasteiger partial charge in [-0.05, 0) is 66.3 Å². The molecule has 308 valence electrons. The van der Waals surface area contributed by atoms with Crippen molar-refractivity contribution in [1.29, 1.82) is 0 Å². The molecule has 2 fully saturated rings. The summed E-state index contributed by atoms with van der Waals surface area (Å²) in [6, 6.07) is 14.5. The molecule has 2 aromatic carbocycles. The molecule has 6 aromatic rings. The third-order valence-electron chi connectivity index (χ3n) is 11.8. The van der Waals surface area contributed by atoms with Gasteiger partial charge in [-0.25, -0.2) is 19.6 Å². The smallest absolute Gasteiger partial charge is 0.407 e. The van der Waals surface area contributed by atoms with Crippen molar-refractivity contribution >= 4 is 45.9 Å². The Kier molecular flexibility index (Phi) is 10.8. The van der Waals surface area contributed by atoms with Gasteiger partial charge in [-0.2, -0.15) is 0 Å². The third-order valence-corrected chi connectivity index (χ3v) is 11.8. The zero-order valence-corrected chi connectivity index (χ0v) is 34.1. The Morgan fingerprint density at radius 1 is 0.661 bits per heavy atom. The highest BCUT2D eigenvalue weighted by molar-refractivity contribution is 6.19. The molecular formula is C44H50N8O7. The number of nitrogens with one attached hydrogen (secondary N) is 4. The van der Waals surface area contributed by atoms with Gasteiger partial charge in [0.15, 0.2) is 0 Å². The van der Waals surface area contributed by atoms with Crippen LogP contribution in [0.5, 0.6) is 0 Å². The van der Waals surface area contributed by atoms with Crippen LogP contribution in [0.3, 0.4) is 0 Å². The van der Waals surface area contributed by atoms with E-state index in [2.05, 4.69) is 57.0 Å². The Hall–Kier alpha value is -6.38. The second-order valence-corrected chi connectivity index (χ2v) is 16.1. The first kappa shape index (κ1) is 39.4. The fraction of sp³-hybridized carbons (Fsp3) is 0.409. The van der Waals surface area contributed by atoms with Gasteiger partial charge in [0.25, 0.3) is 0 Å². The van der Waals surface area contributed by atoms with Crippen molar-refractivity contribution in [2.75, 3.05) is 27.3 Å². The van der Waals surface area contributed by atoms with Gasteiger partial charge in [-0.3, -0.25) is 9.59 Å². The first-order valence-electron chi connectivity index (χ1n) is 20.3. The van der Waals surface area contributed by atoms with Gasteiger partial charge < -0.3 is 44.3 Å². The summed E-state index contributed by atoms with van der Waals surface area (Å²) in [7, 11) is 2.58. The van der Waals surface area contributed by atoms with Crippen molar-refractivity contribution in [3.8, 4) is 33.6 Å². The van der Waals surface area contributed by atoms with Crippen LogP contribution >= 0.6 is 0 Å². The minimum Gasteiger partial charge on any atom is -0.456 e. The van der Waals surface area contributed by atoms with Crippen LogP contribution in [0.2, 0.25) is 0 Å². The summed E-state index contributed by atoms with van der Waals surface area (Å²) in [4.78, 5) is 71.5. The molecule has 4 N–H and O–H groups in total. The van der Waals surface area contributed by atoms with Gasteiger partial charge in [-0.15, -0.1) is 0 Å². The van der Waals surface area contributed by atoms with Crippen LogP contribution in [-0.2, 0) is 19.1 Å². The number of hydrogen-bond donors (Lipinski definition) is 4. The largest absolute Gasteiger partial charge is 0.456 e. The van der Waals surface area contributed by atoms with Crippen molar-refractivity contribution in [3.05, 3.63) is 72.6 Å². The average molecular weight is 803 g/mol. The second kappa shape index (κ2) is 16.1. The number of carbonyl (C=O) groups is 4. The molecule has 4 aromatic heterocycles. The van der Waals surface area contributed by atoms with Crippen LogP contribution in [0.1, 0.15) is 77.1 Å². The Morgan fingerprint density at radius 3 is 1.63 bits per heavy atom. The lowest BCUT2D eigenvalue weighted by molar-refractivity contribution is -0.136. The van der Waals surface area contributed by atoms with E-state index >= 15 is 0 Å². The van der Waals surface area contributed by atoms with Crippen LogP contribution in [-0.4, -0.2) is 93.1 Å². The number of nitrogens with zero attached hydrogens (tertiary/aromatic N) is 4. The van der Waals surface area contributed by atoms with E-state index in [1.54, 1.807) is 11.1 Å². The lowest BCUT2D eigenvalue weighted by atomic mass is 9.93. The van der Waals surface area contributed by atoms with E-state index in [1.165, 1.54) is 14.2 Å². The highest BCUT2D eigenvalue weighted by Gasteiger charge is 2.39. The predicted molar refractivity (Wildman–Crippen MR) is 221 cm³/mol. The molecule has 15 heteroatoms. The minimum atomic E-state index is -0.714. The van der Waals surface area contributed by atoms with E-state index in [1.807, 2.05) is 50.9 Å². The molecule has 1 unspecified atom stereocenters. The van der Waals surface area contributed by atoms with Crippen molar-refractivity contribution in [2.45, 2.75) is 77.5 Å². The number of carbonyl (C=O) groups excluding carboxylic acids is 4. The summed E-state index contributed by atoms with van der Waals surface area (Å²) < 4.78 is 15.8. The average Bonchev–Trinajstić information content (AvgIpc) is 4.10. The second-order valence-electron chi connectivity index (χ2n) is 16.1. The fourth-order valence-corrected chi connectivity index (χ4v) is 8.70. The standard InChI is InChI=1S/C44H50N8O7/c1-23(2)37(49-43(55)57-5)41(53)51-19-7-9-31(51)39-45-21-29(47-39)26-13-11-25(12-14-26)27-15-16-28(36-34-18-17-33(59-34)35(27)36)30-22-46-40(48-30)32-10-8-20-52(32)42(54)38(24(3)4)50-44(56)58-6/h11-18,21-24,31-32,37-38H,7-10,19-20H2,1-6H3,(H,45,47)(H,46,48)(H,49,55)(H,50,56)/t31-,32-,37-,38?/m0/s1. The van der Waals surface area contributed by atoms with Crippen molar-refractivity contribution in [2.24, 2.45) is 11.8 Å². The number of hydrogen-bond acceptors (Lipinski definition) is 9. The summed E-state index contributed by atoms with van der Waals surface area (Å²) >= 11 is 0. The summed E-state index contributed by atoms with van der Waals surface area (Å²) in [5.41, 5.74) is 7.17. The van der Waals surface area contributed by atoms with Gasteiger partial charge in [0.1, 0.15) is 34.9 Å². The maximum absolute atomic E-state index is 13.7. The van der Waals surface area contributed by atoms with Gasteiger partial charge in [0, 0.05) is 29.4 Å². The Balaban J connectivity index is 1.02. The molecule has 2 aliphatic rings. The molecule has 0 radical (unpaired) electrons. The molecule has 6 heterocycles. The number of aromatic nitrogens is 4. The molecule has 8 rings (SSSR count). The lowest BCUT2D eigenvalue weighted by Gasteiger charge is -2.30. The van der Waals surface area contributed by atoms with E-state index in [4.69, 9.17) is 23.9 Å². The maximum Gasteiger partial charge on any atom is 0.407 e. The molecule has 2 bridgehead atoms. The summed E-state index contributed by atoms with van der Waals surface area (Å²) in [6.45, 7) is 8.75. The maximum atomic E-state index is 13.7. The first-order chi connectivity index (χ1) is 28.5. The number of imidazole rings is 2. The molecule has 15 nitrogen and oxygen atoms in total. The van der Waals surface area contributed by atoms with E-state index < -0.39 is 24.3 Å². The first-order valence-corrected chi connectivity index (χ1v) is 20.3. The Labute approximate surface area is 341 Å². The van der Waals surface area contributed by atoms with E-state index in [0.29, 0.717) is 24.7 Å². The number of benzene rings is 3. The summed E-state index contributed by atoms with van der Waals surface area (Å²) in [5.74, 6) is 0.857. The van der Waals surface area contributed by atoms with Crippen molar-refractivity contribution in [3.63, 3.8) is 0 Å². The van der Waals surface area contributed by atoms with Crippen LogP contribution < -0.4 is 10.6 Å². The molecule has 2 aliphatic heterocycles. The third kappa shape index (κ3) is 7.34. The van der Waals surface area contributed by atoms with Gasteiger partial charge in [0.05, 0.1) is 50.1 Å². The number of H-pyrrole nitrogens is 2. The van der Waals surface area contributed by atoms with E-state index in [0.717, 1.165) is 81.3 Å². The molecule has 0 spiro atoms. The highest BCUT2D eigenvalue weighted by atomic mass is 16.5. The SMILES string of the molecule is COC(=O)NC(C(=O)N1CCC[C@H]1c1ncc(-c2ccc(-c3ccc(-c4cnc([C@@H]5CCCN5C(=O)[C@@H](NC(=O)OC)C(C)C)[nH]4)cc3)c3c4ccc(o4)c23)[nH]1)C(C)C. The van der Waals surface area contributed by atoms with Gasteiger partial charge in [-0.1, -0.05) is 64.1 Å². The molecule has 59 heavy (non-hydrogen) atoms. The number of amides is 4. The van der Waals surface area contributed by atoms with E-state index in [-0.39, 0.29) is 35.7 Å². The van der Waals surface area contributed by atoms with Gasteiger partial charge >= 0.3 is 12.2 Å². The molecule has 4 amide bonds. The predicted octanol–water partition coefficient (Wildman–Crippen LogP) is 7.56. The number of fused-ring (bicyclic) bond motifs is 5. The van der Waals surface area contributed by atoms with Crippen molar-refractivity contribution < 1.29 is 33.1 Å². The summed E-state index contributed by atoms with van der Waals surface area (Å²) in [6.07, 6.45) is 5.53. The quantitative estimate of drug-likeness (QED) is 0.103. The Bertz CT molecular complexity index is 2480. The summed E-state index contributed by atoms with van der Waals surface area (Å²) in [5, 5.41) is 7.40. The van der Waals surface area contributed by atoms with Crippen LogP contribution in [0, 0.1) is 11.8 Å². The molecular weight excluding hydrogens is 753 g/mol. The zero-order chi connectivity index (χ0) is 41.5. The fourth-order valence-electron chi connectivity index (χ4n) is 8.70. The number of rotatable bonds is 11.